The third kappa shape index (κ3) is 3.75. The van der Waals surface area contributed by atoms with Gasteiger partial charge >= 0.3 is 0 Å². The van der Waals surface area contributed by atoms with Crippen molar-refractivity contribution in [2.45, 2.75) is 31.8 Å². The van der Waals surface area contributed by atoms with Crippen molar-refractivity contribution in [1.82, 2.24) is 20.0 Å². The van der Waals surface area contributed by atoms with Crippen molar-refractivity contribution in [3.8, 4) is 11.4 Å². The second-order valence-electron chi connectivity index (χ2n) is 6.69. The van der Waals surface area contributed by atoms with Gasteiger partial charge in [0, 0.05) is 42.8 Å². The van der Waals surface area contributed by atoms with Crippen LogP contribution in [-0.2, 0) is 0 Å². The lowest BCUT2D eigenvalue weighted by Crippen LogP contribution is -2.40. The van der Waals surface area contributed by atoms with E-state index in [2.05, 4.69) is 56.5 Å². The molecule has 0 radical (unpaired) electrons. The lowest BCUT2D eigenvalue weighted by atomic mass is 10.0. The molecule has 3 aromatic rings. The number of nitrogens with one attached hydrogen (secondary N) is 1. The summed E-state index contributed by atoms with van der Waals surface area (Å²) in [5, 5.41) is 7.73. The van der Waals surface area contributed by atoms with Gasteiger partial charge in [0.1, 0.15) is 0 Å². The summed E-state index contributed by atoms with van der Waals surface area (Å²) in [4.78, 5) is 11.1. The zero-order valence-electron chi connectivity index (χ0n) is 14.9. The summed E-state index contributed by atoms with van der Waals surface area (Å²) >= 11 is 0. The zero-order chi connectivity index (χ0) is 17.8. The second kappa shape index (κ2) is 7.66. The third-order valence-electron chi connectivity index (χ3n) is 4.94. The van der Waals surface area contributed by atoms with Crippen LogP contribution in [0.3, 0.4) is 0 Å². The Bertz CT molecular complexity index is 812. The minimum atomic E-state index is 0.116. The van der Waals surface area contributed by atoms with Crippen molar-refractivity contribution in [2.75, 3.05) is 18.4 Å². The fourth-order valence-electron chi connectivity index (χ4n) is 3.37. The first-order valence-corrected chi connectivity index (χ1v) is 9.09. The van der Waals surface area contributed by atoms with Gasteiger partial charge in [-0.05, 0) is 44.0 Å². The molecule has 1 fully saturated rings. The van der Waals surface area contributed by atoms with Crippen LogP contribution in [0.5, 0.6) is 0 Å². The minimum absolute atomic E-state index is 0.116. The van der Waals surface area contributed by atoms with Gasteiger partial charge in [-0.1, -0.05) is 23.4 Å². The van der Waals surface area contributed by atoms with E-state index in [9.17, 15) is 0 Å². The van der Waals surface area contributed by atoms with Crippen LogP contribution in [-0.4, -0.2) is 39.2 Å². The molecule has 26 heavy (non-hydrogen) atoms. The minimum Gasteiger partial charge on any atom is -0.382 e. The van der Waals surface area contributed by atoms with E-state index < -0.39 is 0 Å². The molecule has 0 spiro atoms. The third-order valence-corrected chi connectivity index (χ3v) is 4.94. The largest absolute Gasteiger partial charge is 0.382 e. The Morgan fingerprint density at radius 1 is 1.12 bits per heavy atom. The van der Waals surface area contributed by atoms with Gasteiger partial charge in [-0.3, -0.25) is 9.88 Å². The Labute approximate surface area is 153 Å². The Morgan fingerprint density at radius 2 is 1.92 bits per heavy atom. The molecule has 1 atom stereocenters. The van der Waals surface area contributed by atoms with Crippen molar-refractivity contribution < 1.29 is 4.52 Å². The van der Waals surface area contributed by atoms with Gasteiger partial charge in [-0.2, -0.15) is 4.98 Å². The summed E-state index contributed by atoms with van der Waals surface area (Å²) in [5.41, 5.74) is 2.07. The molecule has 6 heteroatoms. The van der Waals surface area contributed by atoms with Crippen molar-refractivity contribution in [3.63, 3.8) is 0 Å². The number of anilines is 1. The molecule has 1 saturated heterocycles. The maximum Gasteiger partial charge on any atom is 0.244 e. The second-order valence-corrected chi connectivity index (χ2v) is 6.69. The van der Waals surface area contributed by atoms with Crippen LogP contribution in [0.2, 0.25) is 0 Å². The number of likely N-dealkylation sites (tertiary alicyclic amines) is 1. The number of hydrogen-bond acceptors (Lipinski definition) is 6. The number of aromatic nitrogens is 3. The standard InChI is InChI=1S/C20H23N5O/c1-15(20-23-19(24-26-20)16-6-5-11-21-14-16)25-12-9-18(10-13-25)22-17-7-3-2-4-8-17/h2-8,11,14-15,18,22H,9-10,12-13H2,1H3/t15-/m1/s1. The highest BCUT2D eigenvalue weighted by atomic mass is 16.5. The number of para-hydroxylation sites is 1. The predicted molar refractivity (Wildman–Crippen MR) is 101 cm³/mol. The highest BCUT2D eigenvalue weighted by molar-refractivity contribution is 5.51. The Kier molecular flexibility index (Phi) is 4.93. The first-order valence-electron chi connectivity index (χ1n) is 9.09. The van der Waals surface area contributed by atoms with Crippen molar-refractivity contribution in [2.24, 2.45) is 0 Å². The maximum absolute atomic E-state index is 5.51. The van der Waals surface area contributed by atoms with Gasteiger partial charge in [0.05, 0.1) is 6.04 Å². The van der Waals surface area contributed by atoms with Crippen LogP contribution in [0.1, 0.15) is 31.7 Å². The van der Waals surface area contributed by atoms with E-state index >= 15 is 0 Å². The van der Waals surface area contributed by atoms with Crippen LogP contribution in [0.25, 0.3) is 11.4 Å². The highest BCUT2D eigenvalue weighted by Gasteiger charge is 2.27. The Hall–Kier alpha value is -2.73. The maximum atomic E-state index is 5.51. The van der Waals surface area contributed by atoms with Gasteiger partial charge in [0.15, 0.2) is 0 Å². The van der Waals surface area contributed by atoms with Gasteiger partial charge in [0.25, 0.3) is 0 Å². The van der Waals surface area contributed by atoms with Crippen molar-refractivity contribution >= 4 is 5.69 Å². The number of nitrogens with zero attached hydrogens (tertiary/aromatic N) is 4. The lowest BCUT2D eigenvalue weighted by molar-refractivity contribution is 0.140. The number of rotatable bonds is 5. The van der Waals surface area contributed by atoms with E-state index in [-0.39, 0.29) is 6.04 Å². The zero-order valence-corrected chi connectivity index (χ0v) is 14.9. The fourth-order valence-corrected chi connectivity index (χ4v) is 3.37. The monoisotopic (exact) mass is 349 g/mol. The van der Waals surface area contributed by atoms with Crippen LogP contribution in [0.4, 0.5) is 5.69 Å². The van der Waals surface area contributed by atoms with Gasteiger partial charge in [0.2, 0.25) is 11.7 Å². The van der Waals surface area contributed by atoms with Crippen LogP contribution >= 0.6 is 0 Å². The molecule has 0 unspecified atom stereocenters. The van der Waals surface area contributed by atoms with Crippen LogP contribution in [0, 0.1) is 0 Å². The topological polar surface area (TPSA) is 67.1 Å². The first kappa shape index (κ1) is 16.7. The summed E-state index contributed by atoms with van der Waals surface area (Å²) in [5.74, 6) is 1.26. The number of pyridine rings is 1. The van der Waals surface area contributed by atoms with E-state index in [0.717, 1.165) is 31.5 Å². The van der Waals surface area contributed by atoms with Gasteiger partial charge in [-0.25, -0.2) is 0 Å². The Balaban J connectivity index is 1.35. The number of hydrogen-bond donors (Lipinski definition) is 1. The molecule has 0 amide bonds. The highest BCUT2D eigenvalue weighted by Crippen LogP contribution is 2.26. The summed E-state index contributed by atoms with van der Waals surface area (Å²) < 4.78 is 5.51. The molecule has 6 nitrogen and oxygen atoms in total. The first-order chi connectivity index (χ1) is 12.8. The fraction of sp³-hybridized carbons (Fsp3) is 0.350. The molecule has 1 aliphatic heterocycles. The van der Waals surface area contributed by atoms with Gasteiger partial charge < -0.3 is 9.84 Å². The average molecular weight is 349 g/mol. The lowest BCUT2D eigenvalue weighted by Gasteiger charge is -2.35. The molecular formula is C20H23N5O. The summed E-state index contributed by atoms with van der Waals surface area (Å²) in [6, 6.07) is 14.8. The molecule has 1 N–H and O–H groups in total. The van der Waals surface area contributed by atoms with E-state index in [0.29, 0.717) is 17.8 Å². The van der Waals surface area contributed by atoms with Crippen LogP contribution < -0.4 is 5.32 Å². The molecule has 1 aliphatic rings. The smallest absolute Gasteiger partial charge is 0.244 e. The summed E-state index contributed by atoms with van der Waals surface area (Å²) in [6.07, 6.45) is 5.69. The quantitative estimate of drug-likeness (QED) is 0.756. The molecule has 0 saturated carbocycles. The van der Waals surface area contributed by atoms with Crippen molar-refractivity contribution in [1.29, 1.82) is 0 Å². The molecule has 0 bridgehead atoms. The average Bonchev–Trinajstić information content (AvgIpc) is 3.20. The SMILES string of the molecule is C[C@H](c1nc(-c2cccnc2)no1)N1CCC(Nc2ccccc2)CC1. The normalized spacial score (nSPS) is 17.1. The Morgan fingerprint density at radius 3 is 2.65 bits per heavy atom. The molecular weight excluding hydrogens is 326 g/mol. The van der Waals surface area contributed by atoms with Gasteiger partial charge in [-0.15, -0.1) is 0 Å². The molecule has 3 heterocycles. The van der Waals surface area contributed by atoms with E-state index in [4.69, 9.17) is 4.52 Å². The molecule has 1 aromatic carbocycles. The molecule has 134 valence electrons. The van der Waals surface area contributed by atoms with Crippen molar-refractivity contribution in [3.05, 3.63) is 60.7 Å². The number of piperidine rings is 1. The molecule has 4 rings (SSSR count). The molecule has 2 aromatic heterocycles. The molecule has 0 aliphatic carbocycles. The van der Waals surface area contributed by atoms with E-state index in [1.807, 2.05) is 18.2 Å². The number of benzene rings is 1. The summed E-state index contributed by atoms with van der Waals surface area (Å²) in [6.45, 7) is 4.15. The van der Waals surface area contributed by atoms with E-state index in [1.165, 1.54) is 5.69 Å². The van der Waals surface area contributed by atoms with E-state index in [1.54, 1.807) is 12.4 Å². The van der Waals surface area contributed by atoms with Crippen LogP contribution in [0.15, 0.2) is 59.4 Å². The predicted octanol–water partition coefficient (Wildman–Crippen LogP) is 3.77. The summed E-state index contributed by atoms with van der Waals surface area (Å²) in [7, 11) is 0.